The molecule has 0 bridgehead atoms. The molecule has 1 aliphatic carbocycles. The number of halogens is 2. The summed E-state index contributed by atoms with van der Waals surface area (Å²) in [5.74, 6) is 0.394. The number of hydrogen-bond donors (Lipinski definition) is 0. The Hall–Kier alpha value is -1.57. The van der Waals surface area contributed by atoms with Crippen molar-refractivity contribution in [1.82, 2.24) is 9.97 Å². The van der Waals surface area contributed by atoms with Crippen molar-refractivity contribution in [2.24, 2.45) is 0 Å². The van der Waals surface area contributed by atoms with Crippen molar-refractivity contribution >= 4 is 28.2 Å². The zero-order chi connectivity index (χ0) is 17.4. The number of benzene rings is 1. The average Bonchev–Trinajstić information content (AvgIpc) is 3.44. The molecule has 2 heterocycles. The summed E-state index contributed by atoms with van der Waals surface area (Å²) in [6, 6.07) is 7.67. The topological polar surface area (TPSA) is 55.3 Å². The van der Waals surface area contributed by atoms with Crippen LogP contribution >= 0.6 is 11.6 Å². The second-order valence-electron chi connectivity index (χ2n) is 6.20. The van der Waals surface area contributed by atoms with Gasteiger partial charge in [-0.3, -0.25) is 4.21 Å². The van der Waals surface area contributed by atoms with Gasteiger partial charge in [0, 0.05) is 24.1 Å². The molecule has 1 saturated carbocycles. The lowest BCUT2D eigenvalue weighted by Crippen LogP contribution is -2.37. The number of hydrogen-bond acceptors (Lipinski definition) is 5. The summed E-state index contributed by atoms with van der Waals surface area (Å²) < 4.78 is 31.0. The Morgan fingerprint density at radius 3 is 2.48 bits per heavy atom. The maximum Gasteiger partial charge on any atom is 0.224 e. The number of rotatable bonds is 4. The van der Waals surface area contributed by atoms with E-state index in [1.807, 2.05) is 6.07 Å². The first kappa shape index (κ1) is 16.9. The Morgan fingerprint density at radius 1 is 1.16 bits per heavy atom. The lowest BCUT2D eigenvalue weighted by molar-refractivity contribution is 0.122. The first-order valence-corrected chi connectivity index (χ1v) is 9.66. The molecule has 0 radical (unpaired) electrons. The fourth-order valence-electron chi connectivity index (χ4n) is 3.03. The highest BCUT2D eigenvalue weighted by atomic mass is 35.5. The van der Waals surface area contributed by atoms with E-state index in [1.54, 1.807) is 12.1 Å². The van der Waals surface area contributed by atoms with Crippen molar-refractivity contribution in [3.05, 3.63) is 47.1 Å². The second kappa shape index (κ2) is 6.63. The van der Waals surface area contributed by atoms with Crippen LogP contribution in [0.25, 0.3) is 0 Å². The van der Waals surface area contributed by atoms with Crippen LogP contribution in [0.3, 0.4) is 0 Å². The van der Waals surface area contributed by atoms with E-state index in [4.69, 9.17) is 16.3 Å². The van der Waals surface area contributed by atoms with Gasteiger partial charge < -0.3 is 9.64 Å². The molecule has 1 aromatic carbocycles. The summed E-state index contributed by atoms with van der Waals surface area (Å²) in [5.41, 5.74) is 0.691. The van der Waals surface area contributed by atoms with Crippen LogP contribution in [-0.4, -0.2) is 40.5 Å². The molecule has 0 N–H and O–H groups in total. The van der Waals surface area contributed by atoms with Crippen LogP contribution in [0.1, 0.15) is 18.5 Å². The van der Waals surface area contributed by atoms with Gasteiger partial charge in [-0.2, -0.15) is 0 Å². The standard InChI is InChI=1S/C17H17ClFN3O2S/c18-16-20-14(11-15(21-16)22-7-9-24-10-8-22)17(5-6-17)25(23)13-3-1-12(19)2-4-13/h1-4,11H,5-10H2. The van der Waals surface area contributed by atoms with Crippen LogP contribution in [-0.2, 0) is 20.3 Å². The highest BCUT2D eigenvalue weighted by molar-refractivity contribution is 7.86. The molecule has 4 rings (SSSR count). The first-order valence-electron chi connectivity index (χ1n) is 8.14. The van der Waals surface area contributed by atoms with Gasteiger partial charge in [0.25, 0.3) is 0 Å². The van der Waals surface area contributed by atoms with Gasteiger partial charge in [-0.05, 0) is 48.7 Å². The molecule has 1 saturated heterocycles. The molecule has 132 valence electrons. The zero-order valence-electron chi connectivity index (χ0n) is 13.5. The predicted octanol–water partition coefficient (Wildman–Crippen LogP) is 2.90. The van der Waals surface area contributed by atoms with Gasteiger partial charge in [0.15, 0.2) is 0 Å². The van der Waals surface area contributed by atoms with Gasteiger partial charge in [0.2, 0.25) is 5.28 Å². The van der Waals surface area contributed by atoms with Crippen molar-refractivity contribution in [2.45, 2.75) is 22.5 Å². The van der Waals surface area contributed by atoms with Crippen LogP contribution in [0.4, 0.5) is 10.2 Å². The monoisotopic (exact) mass is 381 g/mol. The second-order valence-corrected chi connectivity index (χ2v) is 8.33. The van der Waals surface area contributed by atoms with Crippen LogP contribution in [0.2, 0.25) is 5.28 Å². The van der Waals surface area contributed by atoms with Gasteiger partial charge in [-0.15, -0.1) is 0 Å². The predicted molar refractivity (Wildman–Crippen MR) is 93.8 cm³/mol. The fourth-order valence-corrected chi connectivity index (χ4v) is 4.81. The molecular formula is C17H17ClFN3O2S. The molecule has 2 aromatic rings. The average molecular weight is 382 g/mol. The Bertz CT molecular complexity index is 808. The van der Waals surface area contributed by atoms with Gasteiger partial charge in [-0.1, -0.05) is 0 Å². The number of nitrogens with zero attached hydrogens (tertiary/aromatic N) is 3. The van der Waals surface area contributed by atoms with E-state index in [1.165, 1.54) is 12.1 Å². The lowest BCUT2D eigenvalue weighted by Gasteiger charge is -2.28. The Morgan fingerprint density at radius 2 is 1.84 bits per heavy atom. The zero-order valence-corrected chi connectivity index (χ0v) is 15.0. The summed E-state index contributed by atoms with van der Waals surface area (Å²) >= 11 is 6.15. The third-order valence-corrected chi connectivity index (χ3v) is 6.77. The SMILES string of the molecule is O=S(c1ccc(F)cc1)C1(c2cc(N3CCOCC3)nc(Cl)n2)CC1. The minimum Gasteiger partial charge on any atom is -0.378 e. The molecule has 1 unspecified atom stereocenters. The van der Waals surface area contributed by atoms with E-state index in [0.717, 1.165) is 31.7 Å². The molecule has 2 aliphatic rings. The molecule has 1 aromatic heterocycles. The van der Waals surface area contributed by atoms with Crippen molar-refractivity contribution in [3.8, 4) is 0 Å². The molecule has 8 heteroatoms. The molecule has 2 fully saturated rings. The largest absolute Gasteiger partial charge is 0.378 e. The van der Waals surface area contributed by atoms with E-state index in [9.17, 15) is 8.60 Å². The van der Waals surface area contributed by atoms with Crippen molar-refractivity contribution < 1.29 is 13.3 Å². The van der Waals surface area contributed by atoms with E-state index >= 15 is 0 Å². The van der Waals surface area contributed by atoms with Gasteiger partial charge in [-0.25, -0.2) is 14.4 Å². The van der Waals surface area contributed by atoms with E-state index in [2.05, 4.69) is 14.9 Å². The number of ether oxygens (including phenoxy) is 1. The number of anilines is 1. The summed E-state index contributed by atoms with van der Waals surface area (Å²) in [4.78, 5) is 11.4. The molecular weight excluding hydrogens is 365 g/mol. The smallest absolute Gasteiger partial charge is 0.224 e. The summed E-state index contributed by atoms with van der Waals surface area (Å²) in [5, 5.41) is 0.154. The Labute approximate surface area is 152 Å². The summed E-state index contributed by atoms with van der Waals surface area (Å²) in [6.07, 6.45) is 1.51. The maximum absolute atomic E-state index is 13.1. The molecule has 0 spiro atoms. The highest BCUT2D eigenvalue weighted by Crippen LogP contribution is 2.53. The summed E-state index contributed by atoms with van der Waals surface area (Å²) in [7, 11) is -1.32. The minimum absolute atomic E-state index is 0.154. The number of morpholine rings is 1. The third-order valence-electron chi connectivity index (χ3n) is 4.57. The Kier molecular flexibility index (Phi) is 4.47. The lowest BCUT2D eigenvalue weighted by atomic mass is 10.2. The molecule has 1 aliphatic heterocycles. The molecule has 1 atom stereocenters. The third kappa shape index (κ3) is 3.28. The van der Waals surface area contributed by atoms with Gasteiger partial charge in [0.1, 0.15) is 11.6 Å². The van der Waals surface area contributed by atoms with Crippen LogP contribution in [0.15, 0.2) is 35.2 Å². The normalized spacial score (nSPS) is 20.3. The van der Waals surface area contributed by atoms with Crippen LogP contribution < -0.4 is 4.90 Å². The van der Waals surface area contributed by atoms with Gasteiger partial charge in [0.05, 0.1) is 34.5 Å². The first-order chi connectivity index (χ1) is 12.1. The van der Waals surface area contributed by atoms with E-state index < -0.39 is 15.5 Å². The van der Waals surface area contributed by atoms with E-state index in [0.29, 0.717) is 23.8 Å². The maximum atomic E-state index is 13.1. The van der Waals surface area contributed by atoms with Crippen LogP contribution in [0.5, 0.6) is 0 Å². The quantitative estimate of drug-likeness (QED) is 0.762. The van der Waals surface area contributed by atoms with Crippen LogP contribution in [0, 0.1) is 5.82 Å². The van der Waals surface area contributed by atoms with E-state index in [-0.39, 0.29) is 11.1 Å². The molecule has 0 amide bonds. The fraction of sp³-hybridized carbons (Fsp3) is 0.412. The summed E-state index contributed by atoms with van der Waals surface area (Å²) in [6.45, 7) is 2.76. The highest BCUT2D eigenvalue weighted by Gasteiger charge is 2.52. The van der Waals surface area contributed by atoms with Crippen molar-refractivity contribution in [3.63, 3.8) is 0 Å². The number of aromatic nitrogens is 2. The minimum atomic E-state index is -1.32. The molecule has 5 nitrogen and oxygen atoms in total. The Balaban J connectivity index is 1.67. The van der Waals surface area contributed by atoms with Crippen molar-refractivity contribution in [1.29, 1.82) is 0 Å². The van der Waals surface area contributed by atoms with Gasteiger partial charge >= 0.3 is 0 Å². The van der Waals surface area contributed by atoms with Crippen molar-refractivity contribution in [2.75, 3.05) is 31.2 Å². The molecule has 25 heavy (non-hydrogen) atoms.